The number of benzene rings is 3. The number of carbonyl (C=O) groups excluding carboxylic acids is 1. The number of likely N-dealkylation sites (tertiary alicyclic amines) is 1. The van der Waals surface area contributed by atoms with Gasteiger partial charge in [-0.1, -0.05) is 42.5 Å². The van der Waals surface area contributed by atoms with E-state index in [4.69, 9.17) is 0 Å². The minimum atomic E-state index is -0.238. The predicted molar refractivity (Wildman–Crippen MR) is 145 cm³/mol. The molecule has 184 valence electrons. The van der Waals surface area contributed by atoms with Crippen LogP contribution in [0.25, 0.3) is 38.5 Å². The first-order chi connectivity index (χ1) is 18.0. The fourth-order valence-electron chi connectivity index (χ4n) is 5.31. The molecule has 1 fully saturated rings. The van der Waals surface area contributed by atoms with Gasteiger partial charge in [0.2, 0.25) is 5.91 Å². The average molecular weight is 491 g/mol. The molecule has 3 aromatic carbocycles. The number of pyridine rings is 1. The molecule has 0 saturated carbocycles. The minimum absolute atomic E-state index is 0.0148. The van der Waals surface area contributed by atoms with Crippen molar-refractivity contribution in [2.45, 2.75) is 19.4 Å². The molecule has 1 aliphatic rings. The third-order valence-electron chi connectivity index (χ3n) is 7.29. The summed E-state index contributed by atoms with van der Waals surface area (Å²) in [5, 5.41) is 20.1. The number of rotatable bonds is 5. The Morgan fingerprint density at radius 3 is 2.76 bits per heavy atom. The number of amides is 1. The van der Waals surface area contributed by atoms with Gasteiger partial charge in [0.15, 0.2) is 0 Å². The second-order valence-electron chi connectivity index (χ2n) is 9.58. The van der Waals surface area contributed by atoms with Gasteiger partial charge in [-0.25, -0.2) is 0 Å². The maximum absolute atomic E-state index is 14.0. The summed E-state index contributed by atoms with van der Waals surface area (Å²) in [6.45, 7) is 6.37. The quantitative estimate of drug-likeness (QED) is 0.356. The summed E-state index contributed by atoms with van der Waals surface area (Å²) in [5.74, 6) is -0.131. The van der Waals surface area contributed by atoms with Crippen LogP contribution in [0.15, 0.2) is 84.3 Å². The van der Waals surface area contributed by atoms with E-state index in [9.17, 15) is 14.7 Å². The van der Waals surface area contributed by atoms with Gasteiger partial charge in [0.1, 0.15) is 0 Å². The Hall–Kier alpha value is -4.49. The summed E-state index contributed by atoms with van der Waals surface area (Å²) in [6.07, 6.45) is 3.08. The van der Waals surface area contributed by atoms with Gasteiger partial charge in [0.25, 0.3) is 5.56 Å². The fraction of sp³-hybridized carbons (Fsp3) is 0.167. The Balaban J connectivity index is 1.57. The Kier molecular flexibility index (Phi) is 5.50. The Morgan fingerprint density at radius 1 is 1.14 bits per heavy atom. The van der Waals surface area contributed by atoms with Gasteiger partial charge < -0.3 is 10.0 Å². The Bertz CT molecular complexity index is 1760. The van der Waals surface area contributed by atoms with Gasteiger partial charge in [0, 0.05) is 41.0 Å². The van der Waals surface area contributed by atoms with Crippen LogP contribution in [-0.4, -0.2) is 43.8 Å². The van der Waals surface area contributed by atoms with E-state index in [1.165, 1.54) is 6.08 Å². The molecule has 7 nitrogen and oxygen atoms in total. The van der Waals surface area contributed by atoms with Gasteiger partial charge in [0.05, 0.1) is 24.0 Å². The summed E-state index contributed by atoms with van der Waals surface area (Å²) < 4.78 is 1.73. The van der Waals surface area contributed by atoms with Crippen molar-refractivity contribution in [2.24, 2.45) is 0 Å². The molecule has 0 spiro atoms. The highest BCUT2D eigenvalue weighted by Crippen LogP contribution is 2.34. The van der Waals surface area contributed by atoms with Crippen molar-refractivity contribution >= 4 is 27.6 Å². The molecule has 5 aromatic rings. The van der Waals surface area contributed by atoms with Crippen molar-refractivity contribution < 1.29 is 9.90 Å². The van der Waals surface area contributed by atoms with Crippen molar-refractivity contribution in [1.82, 2.24) is 19.7 Å². The van der Waals surface area contributed by atoms with Crippen LogP contribution in [0.3, 0.4) is 0 Å². The molecule has 0 atom stereocenters. The van der Waals surface area contributed by atoms with Gasteiger partial charge in [-0.15, -0.1) is 0 Å². The van der Waals surface area contributed by atoms with E-state index in [0.29, 0.717) is 29.7 Å². The molecule has 37 heavy (non-hydrogen) atoms. The zero-order chi connectivity index (χ0) is 25.7. The number of carbonyl (C=O) groups is 1. The lowest BCUT2D eigenvalue weighted by Gasteiger charge is -2.40. The van der Waals surface area contributed by atoms with Crippen LogP contribution in [0, 0.1) is 6.92 Å². The average Bonchev–Trinajstić information content (AvgIpc) is 3.35. The molecular formula is C30H26N4O3. The number of aliphatic hydroxyl groups excluding tert-OH is 1. The number of hydrogen-bond acceptors (Lipinski definition) is 4. The molecule has 2 aromatic heterocycles. The number of nitrogens with one attached hydrogen (secondary N) is 1. The monoisotopic (exact) mass is 490 g/mol. The SMILES string of the molecule is C=CC(=O)N1CC(c2cc3cc(C)ccc3c(=O)n2-c2cccc(-c3ccc4[nH]ncc4c3)c2CO)C1. The van der Waals surface area contributed by atoms with Gasteiger partial charge in [-0.05, 0) is 59.8 Å². The largest absolute Gasteiger partial charge is 0.392 e. The first-order valence-corrected chi connectivity index (χ1v) is 12.2. The predicted octanol–water partition coefficient (Wildman–Crippen LogP) is 4.45. The molecule has 1 saturated heterocycles. The number of aromatic amines is 1. The number of aromatic nitrogens is 3. The molecule has 0 unspecified atom stereocenters. The summed E-state index contributed by atoms with van der Waals surface area (Å²) in [6, 6.07) is 19.6. The molecule has 0 bridgehead atoms. The van der Waals surface area contributed by atoms with Crippen LogP contribution < -0.4 is 5.56 Å². The van der Waals surface area contributed by atoms with E-state index < -0.39 is 0 Å². The summed E-state index contributed by atoms with van der Waals surface area (Å²) in [5.41, 5.74) is 5.77. The highest BCUT2D eigenvalue weighted by Gasteiger charge is 2.33. The fourth-order valence-corrected chi connectivity index (χ4v) is 5.31. The number of aliphatic hydroxyl groups is 1. The molecule has 7 heteroatoms. The molecular weight excluding hydrogens is 464 g/mol. The third kappa shape index (κ3) is 3.75. The second kappa shape index (κ2) is 8.87. The topological polar surface area (TPSA) is 91.2 Å². The standard InChI is InChI=1S/C30H26N4O3/c1-3-29(36)33-15-22(16-33)28-13-20-11-18(2)7-9-24(20)30(37)34(28)27-6-4-5-23(25(27)17-35)19-8-10-26-21(12-19)14-31-32-26/h3-14,22,35H,1,15-17H2,2H3,(H,31,32). The number of hydrogen-bond donors (Lipinski definition) is 2. The van der Waals surface area contributed by atoms with Crippen molar-refractivity contribution in [3.63, 3.8) is 0 Å². The van der Waals surface area contributed by atoms with Crippen LogP contribution in [-0.2, 0) is 11.4 Å². The third-order valence-corrected chi connectivity index (χ3v) is 7.29. The normalized spacial score (nSPS) is 13.7. The molecule has 2 N–H and O–H groups in total. The first kappa shape index (κ1) is 22.9. The van der Waals surface area contributed by atoms with Crippen LogP contribution >= 0.6 is 0 Å². The number of aryl methyl sites for hydroxylation is 1. The highest BCUT2D eigenvalue weighted by atomic mass is 16.3. The number of H-pyrrole nitrogens is 1. The van der Waals surface area contributed by atoms with Crippen molar-refractivity contribution in [3.8, 4) is 16.8 Å². The van der Waals surface area contributed by atoms with E-state index in [0.717, 1.165) is 38.7 Å². The molecule has 0 aliphatic carbocycles. The smallest absolute Gasteiger partial charge is 0.263 e. The zero-order valence-corrected chi connectivity index (χ0v) is 20.4. The maximum atomic E-state index is 14.0. The Morgan fingerprint density at radius 2 is 1.97 bits per heavy atom. The molecule has 3 heterocycles. The van der Waals surface area contributed by atoms with Crippen molar-refractivity contribution in [3.05, 3.63) is 107 Å². The Labute approximate surface area is 213 Å². The van der Waals surface area contributed by atoms with Gasteiger partial charge in [-0.2, -0.15) is 5.10 Å². The van der Waals surface area contributed by atoms with Crippen LogP contribution in [0.4, 0.5) is 0 Å². The zero-order valence-electron chi connectivity index (χ0n) is 20.4. The van der Waals surface area contributed by atoms with Gasteiger partial charge >= 0.3 is 0 Å². The highest BCUT2D eigenvalue weighted by molar-refractivity contribution is 5.88. The van der Waals surface area contributed by atoms with E-state index in [2.05, 4.69) is 22.8 Å². The lowest BCUT2D eigenvalue weighted by atomic mass is 9.92. The minimum Gasteiger partial charge on any atom is -0.392 e. The van der Waals surface area contributed by atoms with E-state index in [-0.39, 0.29) is 24.0 Å². The van der Waals surface area contributed by atoms with E-state index in [1.807, 2.05) is 61.5 Å². The van der Waals surface area contributed by atoms with Gasteiger partial charge in [-0.3, -0.25) is 19.3 Å². The van der Waals surface area contributed by atoms with Crippen LogP contribution in [0.5, 0.6) is 0 Å². The summed E-state index contributed by atoms with van der Waals surface area (Å²) in [7, 11) is 0. The van der Waals surface area contributed by atoms with E-state index in [1.54, 1.807) is 15.7 Å². The molecule has 0 radical (unpaired) electrons. The van der Waals surface area contributed by atoms with Crippen molar-refractivity contribution in [2.75, 3.05) is 13.1 Å². The first-order valence-electron chi connectivity index (χ1n) is 12.2. The van der Waals surface area contributed by atoms with E-state index >= 15 is 0 Å². The van der Waals surface area contributed by atoms with Crippen molar-refractivity contribution in [1.29, 1.82) is 0 Å². The molecule has 1 amide bonds. The molecule has 1 aliphatic heterocycles. The molecule has 6 rings (SSSR count). The number of fused-ring (bicyclic) bond motifs is 2. The van der Waals surface area contributed by atoms with Crippen LogP contribution in [0.1, 0.15) is 22.7 Å². The lowest BCUT2D eigenvalue weighted by molar-refractivity contribution is -0.130. The number of nitrogens with zero attached hydrogens (tertiary/aromatic N) is 3. The lowest BCUT2D eigenvalue weighted by Crippen LogP contribution is -2.49. The summed E-state index contributed by atoms with van der Waals surface area (Å²) >= 11 is 0. The second-order valence-corrected chi connectivity index (χ2v) is 9.58. The maximum Gasteiger partial charge on any atom is 0.263 e. The summed E-state index contributed by atoms with van der Waals surface area (Å²) in [4.78, 5) is 27.8. The van der Waals surface area contributed by atoms with Crippen LogP contribution in [0.2, 0.25) is 0 Å².